The van der Waals surface area contributed by atoms with Crippen LogP contribution in [0.25, 0.3) is 0 Å². The highest BCUT2D eigenvalue weighted by molar-refractivity contribution is 5.67. The maximum Gasteiger partial charge on any atom is 0.303 e. The van der Waals surface area contributed by atoms with Crippen LogP contribution in [-0.2, 0) is 38.1 Å². The Labute approximate surface area is 128 Å². The fourth-order valence-electron chi connectivity index (χ4n) is 2.10. The Balaban J connectivity index is 3.05. The van der Waals surface area contributed by atoms with Gasteiger partial charge in [0, 0.05) is 27.9 Å². The molecule has 0 aromatic carbocycles. The van der Waals surface area contributed by atoms with Crippen molar-refractivity contribution in [2.24, 2.45) is 5.92 Å². The molecule has 1 aliphatic heterocycles. The second-order valence-electron chi connectivity index (χ2n) is 4.75. The van der Waals surface area contributed by atoms with Crippen molar-refractivity contribution < 1.29 is 38.1 Å². The lowest BCUT2D eigenvalue weighted by Crippen LogP contribution is -2.54. The first-order valence-corrected chi connectivity index (χ1v) is 6.62. The van der Waals surface area contributed by atoms with Crippen molar-refractivity contribution in [3.05, 3.63) is 12.3 Å². The lowest BCUT2D eigenvalue weighted by atomic mass is 9.93. The van der Waals surface area contributed by atoms with E-state index in [4.69, 9.17) is 23.7 Å². The van der Waals surface area contributed by atoms with Crippen LogP contribution in [-0.4, -0.2) is 50.1 Å². The number of esters is 3. The zero-order valence-corrected chi connectivity index (χ0v) is 13.0. The summed E-state index contributed by atoms with van der Waals surface area (Å²) < 4.78 is 25.8. The normalized spacial score (nSPS) is 27.5. The maximum absolute atomic E-state index is 11.3. The summed E-state index contributed by atoms with van der Waals surface area (Å²) >= 11 is 0. The van der Waals surface area contributed by atoms with Crippen LogP contribution >= 0.6 is 0 Å². The predicted octanol–water partition coefficient (Wildman–Crippen LogP) is 0.545. The van der Waals surface area contributed by atoms with Gasteiger partial charge < -0.3 is 23.7 Å². The molecule has 0 N–H and O–H groups in total. The van der Waals surface area contributed by atoms with Crippen LogP contribution < -0.4 is 0 Å². The highest BCUT2D eigenvalue weighted by Crippen LogP contribution is 2.33. The zero-order chi connectivity index (χ0) is 16.9. The van der Waals surface area contributed by atoms with Gasteiger partial charge in [-0.15, -0.1) is 0 Å². The topological polar surface area (TPSA) is 97.4 Å². The first-order chi connectivity index (χ1) is 10.3. The molecule has 8 heteroatoms. The Morgan fingerprint density at radius 3 is 2.05 bits per heavy atom. The predicted molar refractivity (Wildman–Crippen MR) is 72.3 cm³/mol. The van der Waals surface area contributed by atoms with Crippen molar-refractivity contribution in [1.29, 1.82) is 0 Å². The largest absolute Gasteiger partial charge is 0.465 e. The van der Waals surface area contributed by atoms with Crippen molar-refractivity contribution in [1.82, 2.24) is 0 Å². The van der Waals surface area contributed by atoms with Crippen LogP contribution in [0.5, 0.6) is 0 Å². The molecule has 0 radical (unpaired) electrons. The Morgan fingerprint density at radius 1 is 1.05 bits per heavy atom. The lowest BCUT2D eigenvalue weighted by molar-refractivity contribution is -0.245. The van der Waals surface area contributed by atoms with E-state index in [2.05, 4.69) is 6.58 Å². The number of rotatable bonds is 5. The third kappa shape index (κ3) is 4.73. The molecule has 0 bridgehead atoms. The van der Waals surface area contributed by atoms with Crippen LogP contribution in [0.4, 0.5) is 0 Å². The lowest BCUT2D eigenvalue weighted by Gasteiger charge is -2.41. The van der Waals surface area contributed by atoms with Gasteiger partial charge in [-0.05, 0) is 0 Å². The van der Waals surface area contributed by atoms with Gasteiger partial charge in [0.05, 0.1) is 5.92 Å². The molecule has 124 valence electrons. The van der Waals surface area contributed by atoms with Crippen molar-refractivity contribution >= 4 is 17.9 Å². The van der Waals surface area contributed by atoms with Gasteiger partial charge in [0.1, 0.15) is 12.4 Å². The first-order valence-electron chi connectivity index (χ1n) is 6.62. The van der Waals surface area contributed by atoms with E-state index in [0.717, 1.165) is 0 Å². The van der Waals surface area contributed by atoms with Crippen LogP contribution in [0.2, 0.25) is 0 Å². The molecule has 1 rings (SSSR count). The summed E-state index contributed by atoms with van der Waals surface area (Å²) in [7, 11) is 1.35. The van der Waals surface area contributed by atoms with E-state index < -0.39 is 42.3 Å². The van der Waals surface area contributed by atoms with Gasteiger partial charge in [-0.1, -0.05) is 6.58 Å². The fourth-order valence-corrected chi connectivity index (χ4v) is 2.10. The third-order valence-corrected chi connectivity index (χ3v) is 2.97. The number of methoxy groups -OCH3 is 1. The fraction of sp³-hybridized carbons (Fsp3) is 0.643. The Bertz CT molecular complexity index is 458. The SMILES string of the molecule is C=C1O[C@H](OC)[C@H](OC(C)=O)[C@@H](OC(C)=O)[C@H]1COC(C)=O. The number of carbonyl (C=O) groups is 3. The number of carbonyl (C=O) groups excluding carboxylic acids is 3. The van der Waals surface area contributed by atoms with Crippen molar-refractivity contribution in [3.8, 4) is 0 Å². The minimum Gasteiger partial charge on any atom is -0.465 e. The van der Waals surface area contributed by atoms with Crippen LogP contribution in [0.3, 0.4) is 0 Å². The number of hydrogen-bond acceptors (Lipinski definition) is 8. The minimum atomic E-state index is -1.00. The smallest absolute Gasteiger partial charge is 0.303 e. The maximum atomic E-state index is 11.3. The Hall–Kier alpha value is -2.09. The summed E-state index contributed by atoms with van der Waals surface area (Å²) in [5.74, 6) is -2.15. The van der Waals surface area contributed by atoms with Gasteiger partial charge in [-0.25, -0.2) is 0 Å². The highest BCUT2D eigenvalue weighted by Gasteiger charge is 2.48. The van der Waals surface area contributed by atoms with E-state index in [9.17, 15) is 14.4 Å². The number of ether oxygens (including phenoxy) is 5. The van der Waals surface area contributed by atoms with E-state index in [1.165, 1.54) is 27.9 Å². The number of hydrogen-bond donors (Lipinski definition) is 0. The molecule has 0 unspecified atom stereocenters. The third-order valence-electron chi connectivity index (χ3n) is 2.97. The summed E-state index contributed by atoms with van der Waals surface area (Å²) in [6.07, 6.45) is -2.92. The van der Waals surface area contributed by atoms with Gasteiger partial charge >= 0.3 is 17.9 Å². The van der Waals surface area contributed by atoms with Gasteiger partial charge in [0.2, 0.25) is 12.4 Å². The van der Waals surface area contributed by atoms with E-state index in [-0.39, 0.29) is 12.4 Å². The van der Waals surface area contributed by atoms with E-state index in [0.29, 0.717) is 0 Å². The van der Waals surface area contributed by atoms with Crippen LogP contribution in [0.1, 0.15) is 20.8 Å². The van der Waals surface area contributed by atoms with Crippen molar-refractivity contribution in [2.75, 3.05) is 13.7 Å². The molecule has 1 aliphatic rings. The molecule has 4 atom stereocenters. The molecule has 0 amide bonds. The summed E-state index contributed by atoms with van der Waals surface area (Å²) in [4.78, 5) is 33.6. The van der Waals surface area contributed by atoms with Gasteiger partial charge in [0.25, 0.3) is 0 Å². The van der Waals surface area contributed by atoms with Gasteiger partial charge in [-0.3, -0.25) is 14.4 Å². The van der Waals surface area contributed by atoms with Gasteiger partial charge in [0.15, 0.2) is 6.10 Å². The summed E-state index contributed by atoms with van der Waals surface area (Å²) in [5, 5.41) is 0. The molecule has 1 heterocycles. The summed E-state index contributed by atoms with van der Waals surface area (Å²) in [6, 6.07) is 0. The molecular weight excluding hydrogens is 296 g/mol. The Morgan fingerprint density at radius 2 is 1.59 bits per heavy atom. The van der Waals surface area contributed by atoms with Crippen molar-refractivity contribution in [2.45, 2.75) is 39.3 Å². The molecule has 1 fully saturated rings. The molecule has 22 heavy (non-hydrogen) atoms. The first kappa shape index (κ1) is 18.0. The van der Waals surface area contributed by atoms with Crippen LogP contribution in [0.15, 0.2) is 12.3 Å². The second-order valence-corrected chi connectivity index (χ2v) is 4.75. The second kappa shape index (κ2) is 7.79. The average molecular weight is 316 g/mol. The molecule has 0 saturated carbocycles. The minimum absolute atomic E-state index is 0.125. The summed E-state index contributed by atoms with van der Waals surface area (Å²) in [6.45, 7) is 7.26. The average Bonchev–Trinajstić information content (AvgIpc) is 2.39. The van der Waals surface area contributed by atoms with Crippen LogP contribution in [0, 0.1) is 5.92 Å². The summed E-state index contributed by atoms with van der Waals surface area (Å²) in [5.41, 5.74) is 0. The monoisotopic (exact) mass is 316 g/mol. The molecular formula is C14H20O8. The molecule has 8 nitrogen and oxygen atoms in total. The van der Waals surface area contributed by atoms with E-state index in [1.54, 1.807) is 0 Å². The molecule has 0 aromatic rings. The Kier molecular flexibility index (Phi) is 6.36. The van der Waals surface area contributed by atoms with Crippen molar-refractivity contribution in [3.63, 3.8) is 0 Å². The molecule has 1 saturated heterocycles. The quantitative estimate of drug-likeness (QED) is 0.535. The standard InChI is InChI=1S/C14H20O8/c1-7-11(6-19-8(2)15)12(21-9(3)16)13(22-10(4)17)14(18-5)20-7/h11-14H,1,6H2,2-5H3/t11-,12-,13+,14-/m0/s1. The van der Waals surface area contributed by atoms with E-state index in [1.807, 2.05) is 0 Å². The molecule has 0 aliphatic carbocycles. The zero-order valence-electron chi connectivity index (χ0n) is 13.0. The van der Waals surface area contributed by atoms with E-state index >= 15 is 0 Å². The highest BCUT2D eigenvalue weighted by atomic mass is 16.7. The molecule has 0 spiro atoms. The molecule has 0 aromatic heterocycles. The van der Waals surface area contributed by atoms with Gasteiger partial charge in [-0.2, -0.15) is 0 Å².